The van der Waals surface area contributed by atoms with Crippen LogP contribution in [0.5, 0.6) is 0 Å². The molecule has 0 radical (unpaired) electrons. The molecule has 0 amide bonds. The summed E-state index contributed by atoms with van der Waals surface area (Å²) in [6.07, 6.45) is 12.3. The quantitative estimate of drug-likeness (QED) is 0.343. The molecule has 0 aromatic carbocycles. The van der Waals surface area contributed by atoms with Gasteiger partial charge in [-0.25, -0.2) is 9.97 Å². The first kappa shape index (κ1) is 23.3. The number of H-pyrrole nitrogens is 2. The van der Waals surface area contributed by atoms with E-state index < -0.39 is 0 Å². The van der Waals surface area contributed by atoms with Gasteiger partial charge in [-0.2, -0.15) is 0 Å². The lowest BCUT2D eigenvalue weighted by molar-refractivity contribution is 1.08. The van der Waals surface area contributed by atoms with Crippen molar-refractivity contribution in [2.45, 2.75) is 53.4 Å². The predicted octanol–water partition coefficient (Wildman–Crippen LogP) is 5.72. The highest BCUT2D eigenvalue weighted by Gasteiger charge is 2.13. The Morgan fingerprint density at radius 1 is 0.485 bits per heavy atom. The summed E-state index contributed by atoms with van der Waals surface area (Å²) in [5.41, 5.74) is 13.7. The van der Waals surface area contributed by atoms with E-state index in [9.17, 15) is 0 Å². The van der Waals surface area contributed by atoms with Crippen LogP contribution in [0.4, 0.5) is 0 Å². The fraction of sp³-hybridized carbons (Fsp3) is 0.286. The maximum Gasteiger partial charge on any atom is 0.187 e. The molecule has 2 N–H and O–H groups in total. The normalized spacial score (nSPS) is 12.2. The van der Waals surface area contributed by atoms with E-state index in [0.717, 1.165) is 70.5 Å². The molecule has 2 aliphatic rings. The van der Waals surface area contributed by atoms with Crippen molar-refractivity contribution in [2.24, 2.45) is 0 Å². The average Bonchev–Trinajstić information content (AvgIpc) is 3.59. The minimum absolute atomic E-state index is 0. The van der Waals surface area contributed by atoms with Crippen molar-refractivity contribution in [3.8, 4) is 0 Å². The lowest BCUT2D eigenvalue weighted by atomic mass is 10.1. The molecule has 0 saturated heterocycles. The van der Waals surface area contributed by atoms with E-state index in [4.69, 9.17) is 9.97 Å². The first-order valence-electron chi connectivity index (χ1n) is 11.8. The predicted molar refractivity (Wildman–Crippen MR) is 146 cm³/mol. The number of hydrogen-bond acceptors (Lipinski definition) is 2. The second-order valence-corrected chi connectivity index (χ2v) is 8.33. The molecule has 2 aliphatic heterocycles. The van der Waals surface area contributed by atoms with Crippen LogP contribution < -0.4 is 0 Å². The molecule has 5 heterocycles. The largest absolute Gasteiger partial charge is 0.355 e. The Bertz CT molecular complexity index is 1210. The monoisotopic (exact) mass is 452 g/mol. The first-order valence-corrected chi connectivity index (χ1v) is 11.8. The van der Waals surface area contributed by atoms with Gasteiger partial charge in [-0.05, 0) is 74.3 Å². The number of rotatable bonds is 4. The molecule has 0 atom stereocenters. The third kappa shape index (κ3) is 4.01. The highest BCUT2D eigenvalue weighted by molar-refractivity contribution is 5.83. The summed E-state index contributed by atoms with van der Waals surface area (Å²) in [4.78, 5) is 17.5. The van der Waals surface area contributed by atoms with Gasteiger partial charge in [-0.15, -0.1) is 0 Å². The van der Waals surface area contributed by atoms with E-state index in [1.165, 1.54) is 22.3 Å². The topological polar surface area (TPSA) is 57.4 Å². The summed E-state index contributed by atoms with van der Waals surface area (Å²) in [6.45, 7) is 8.78. The molecule has 8 bridgehead atoms. The smallest absolute Gasteiger partial charge is 0.187 e. The van der Waals surface area contributed by atoms with Gasteiger partial charge in [0.15, 0.2) is 17.4 Å². The fourth-order valence-electron chi connectivity index (χ4n) is 4.93. The highest BCUT2D eigenvalue weighted by atomic mass is 27.0. The van der Waals surface area contributed by atoms with E-state index in [1.807, 2.05) is 0 Å². The van der Waals surface area contributed by atoms with Gasteiger partial charge >= 0.3 is 0 Å². The van der Waals surface area contributed by atoms with E-state index in [1.54, 1.807) is 0 Å². The Morgan fingerprint density at radius 3 is 0.939 bits per heavy atom. The van der Waals surface area contributed by atoms with Crippen molar-refractivity contribution in [1.29, 1.82) is 0 Å². The van der Waals surface area contributed by atoms with Crippen LogP contribution in [-0.4, -0.2) is 37.3 Å². The Balaban J connectivity index is 0.00000259. The van der Waals surface area contributed by atoms with E-state index in [-0.39, 0.29) is 17.4 Å². The SMILES string of the molecule is CCc1c2nc(c(CC)c3ccc([nH]3)c(CC)c3nc(c(CC)c4ccc1[nH]4)C=C3)C=C2.[AlH3]. The van der Waals surface area contributed by atoms with Gasteiger partial charge in [0.05, 0.1) is 22.8 Å². The average molecular weight is 453 g/mol. The minimum atomic E-state index is 0. The summed E-state index contributed by atoms with van der Waals surface area (Å²) >= 11 is 0. The van der Waals surface area contributed by atoms with Gasteiger partial charge in [0.2, 0.25) is 0 Å². The third-order valence-corrected chi connectivity index (χ3v) is 6.60. The summed E-state index contributed by atoms with van der Waals surface area (Å²) in [7, 11) is 0. The van der Waals surface area contributed by atoms with Crippen molar-refractivity contribution < 1.29 is 0 Å². The van der Waals surface area contributed by atoms with Crippen molar-refractivity contribution in [1.82, 2.24) is 19.9 Å². The molecule has 0 saturated carbocycles. The second-order valence-electron chi connectivity index (χ2n) is 8.33. The van der Waals surface area contributed by atoms with E-state index in [0.29, 0.717) is 0 Å². The van der Waals surface area contributed by atoms with E-state index in [2.05, 4.69) is 86.2 Å². The zero-order valence-electron chi connectivity index (χ0n) is 19.3. The number of aromatic nitrogens is 4. The van der Waals surface area contributed by atoms with Gasteiger partial charge in [0.25, 0.3) is 0 Å². The number of fused-ring (bicyclic) bond motifs is 8. The van der Waals surface area contributed by atoms with Crippen LogP contribution in [0.25, 0.3) is 46.4 Å². The number of nitrogens with one attached hydrogen (secondary N) is 2. The molecule has 3 aromatic rings. The van der Waals surface area contributed by atoms with Crippen molar-refractivity contribution >= 4 is 63.7 Å². The number of hydrogen-bond donors (Lipinski definition) is 2. The molecular weight excluding hydrogens is 419 g/mol. The highest BCUT2D eigenvalue weighted by Crippen LogP contribution is 2.27. The fourth-order valence-corrected chi connectivity index (χ4v) is 4.93. The Labute approximate surface area is 206 Å². The maximum absolute atomic E-state index is 5.06. The van der Waals surface area contributed by atoms with Crippen molar-refractivity contribution in [3.63, 3.8) is 0 Å². The zero-order chi connectivity index (χ0) is 22.2. The summed E-state index contributed by atoms with van der Waals surface area (Å²) in [5.74, 6) is 0. The van der Waals surface area contributed by atoms with Crippen LogP contribution in [0.1, 0.15) is 72.7 Å². The van der Waals surface area contributed by atoms with Crippen molar-refractivity contribution in [3.05, 3.63) is 69.3 Å². The molecule has 0 fully saturated rings. The lowest BCUT2D eigenvalue weighted by Crippen LogP contribution is -1.92. The molecule has 0 aliphatic carbocycles. The molecular formula is C28H33AlN4. The van der Waals surface area contributed by atoms with Gasteiger partial charge < -0.3 is 9.97 Å². The zero-order valence-corrected chi connectivity index (χ0v) is 19.3. The summed E-state index contributed by atoms with van der Waals surface area (Å²) in [5, 5.41) is 0. The van der Waals surface area contributed by atoms with Gasteiger partial charge in [-0.3, -0.25) is 0 Å². The molecule has 5 heteroatoms. The Hall–Kier alpha value is -2.87. The van der Waals surface area contributed by atoms with Crippen LogP contribution in [0.3, 0.4) is 0 Å². The molecule has 3 aromatic heterocycles. The lowest BCUT2D eigenvalue weighted by Gasteiger charge is -2.02. The Kier molecular flexibility index (Phi) is 6.74. The number of aromatic amines is 2. The summed E-state index contributed by atoms with van der Waals surface area (Å²) in [6, 6.07) is 8.74. The summed E-state index contributed by atoms with van der Waals surface area (Å²) < 4.78 is 0. The molecule has 33 heavy (non-hydrogen) atoms. The second kappa shape index (κ2) is 9.55. The van der Waals surface area contributed by atoms with E-state index >= 15 is 0 Å². The van der Waals surface area contributed by atoms with Crippen LogP contribution in [0.2, 0.25) is 0 Å². The molecule has 4 nitrogen and oxygen atoms in total. The molecule has 0 unspecified atom stereocenters. The van der Waals surface area contributed by atoms with Gasteiger partial charge in [-0.1, -0.05) is 27.7 Å². The maximum atomic E-state index is 5.06. The first-order chi connectivity index (χ1) is 15.7. The van der Waals surface area contributed by atoms with Crippen LogP contribution in [-0.2, 0) is 25.7 Å². The van der Waals surface area contributed by atoms with Crippen molar-refractivity contribution in [2.75, 3.05) is 0 Å². The van der Waals surface area contributed by atoms with Crippen LogP contribution in [0.15, 0.2) is 24.3 Å². The standard InChI is InChI=1S/C28H30N4.Al.3H/c1-5-17-21-9-11-23(29-21)18(6-2)25-13-15-27(31-25)20(8-4)28-16-14-26(32-28)19(7-3)24-12-10-22(17)30-24;;;;/h9-16,29,32H,5-8H2,1-4H3;;;;. The van der Waals surface area contributed by atoms with Crippen LogP contribution in [0, 0.1) is 0 Å². The number of aryl methyl sites for hydroxylation is 4. The number of nitrogens with zero attached hydrogens (tertiary/aromatic N) is 2. The molecule has 0 spiro atoms. The molecule has 168 valence electrons. The third-order valence-electron chi connectivity index (χ3n) is 6.60. The molecule has 5 rings (SSSR count). The van der Waals surface area contributed by atoms with Crippen LogP contribution >= 0.6 is 0 Å². The van der Waals surface area contributed by atoms with Gasteiger partial charge in [0.1, 0.15) is 0 Å². The Morgan fingerprint density at radius 2 is 0.727 bits per heavy atom. The minimum Gasteiger partial charge on any atom is -0.355 e. The van der Waals surface area contributed by atoms with Gasteiger partial charge in [0, 0.05) is 44.3 Å².